The molecule has 0 aliphatic carbocycles. The van der Waals surface area contributed by atoms with Crippen LogP contribution in [-0.4, -0.2) is 31.2 Å². The molecule has 0 unspecified atom stereocenters. The summed E-state index contributed by atoms with van der Waals surface area (Å²) in [6.07, 6.45) is 3.03. The summed E-state index contributed by atoms with van der Waals surface area (Å²) in [5.74, 6) is -0.960. The standard InChI is InChI=1S/C14H16BrN3O3/c1-3-7-21-12-6-5-11(15)8-10(12)9-17-18-14(20)13(19)16-4-2/h3,5-6,8-9H,1,4,7H2,2H3,(H,16,19)(H,18,20)/b17-9-. The van der Waals surface area contributed by atoms with E-state index in [0.717, 1.165) is 4.47 Å². The van der Waals surface area contributed by atoms with Gasteiger partial charge in [0.15, 0.2) is 0 Å². The quantitative estimate of drug-likeness (QED) is 0.353. The Bertz CT molecular complexity index is 558. The lowest BCUT2D eigenvalue weighted by Gasteiger charge is -2.07. The van der Waals surface area contributed by atoms with Crippen molar-refractivity contribution in [3.05, 3.63) is 40.9 Å². The molecule has 0 aromatic heterocycles. The zero-order valence-electron chi connectivity index (χ0n) is 11.6. The van der Waals surface area contributed by atoms with E-state index in [4.69, 9.17) is 4.74 Å². The van der Waals surface area contributed by atoms with Crippen LogP contribution in [0.25, 0.3) is 0 Å². The van der Waals surface area contributed by atoms with Crippen LogP contribution < -0.4 is 15.5 Å². The number of amides is 2. The summed E-state index contributed by atoms with van der Waals surface area (Å²) in [5.41, 5.74) is 2.80. The van der Waals surface area contributed by atoms with Gasteiger partial charge in [0, 0.05) is 16.6 Å². The molecule has 0 heterocycles. The molecule has 0 spiro atoms. The summed E-state index contributed by atoms with van der Waals surface area (Å²) < 4.78 is 6.30. The maximum atomic E-state index is 11.4. The predicted molar refractivity (Wildman–Crippen MR) is 84.3 cm³/mol. The maximum absolute atomic E-state index is 11.4. The molecule has 2 N–H and O–H groups in total. The topological polar surface area (TPSA) is 79.8 Å². The van der Waals surface area contributed by atoms with Crippen LogP contribution >= 0.6 is 15.9 Å². The number of carbonyl (C=O) groups is 2. The number of ether oxygens (including phenoxy) is 1. The Morgan fingerprint density at radius 2 is 2.19 bits per heavy atom. The van der Waals surface area contributed by atoms with Crippen LogP contribution in [0.5, 0.6) is 5.75 Å². The van der Waals surface area contributed by atoms with Crippen molar-refractivity contribution in [1.29, 1.82) is 0 Å². The first-order valence-corrected chi connectivity index (χ1v) is 7.02. The smallest absolute Gasteiger partial charge is 0.329 e. The summed E-state index contributed by atoms with van der Waals surface area (Å²) >= 11 is 3.34. The zero-order valence-corrected chi connectivity index (χ0v) is 13.1. The van der Waals surface area contributed by atoms with Gasteiger partial charge in [-0.1, -0.05) is 28.6 Å². The predicted octanol–water partition coefficient (Wildman–Crippen LogP) is 1.60. The first-order chi connectivity index (χ1) is 10.1. The molecule has 21 heavy (non-hydrogen) atoms. The summed E-state index contributed by atoms with van der Waals surface area (Å²) in [7, 11) is 0. The number of nitrogens with zero attached hydrogens (tertiary/aromatic N) is 1. The Labute approximate surface area is 131 Å². The lowest BCUT2D eigenvalue weighted by atomic mass is 10.2. The van der Waals surface area contributed by atoms with Crippen molar-refractivity contribution in [2.24, 2.45) is 5.10 Å². The van der Waals surface area contributed by atoms with Gasteiger partial charge >= 0.3 is 11.8 Å². The number of carbonyl (C=O) groups excluding carboxylic acids is 2. The molecular weight excluding hydrogens is 338 g/mol. The molecule has 0 atom stereocenters. The van der Waals surface area contributed by atoms with Crippen LogP contribution in [0.15, 0.2) is 40.4 Å². The number of hydrogen-bond acceptors (Lipinski definition) is 4. The molecule has 1 aromatic rings. The Kier molecular flexibility index (Phi) is 7.17. The number of rotatable bonds is 6. The highest BCUT2D eigenvalue weighted by molar-refractivity contribution is 9.10. The Hall–Kier alpha value is -2.15. The SMILES string of the molecule is C=CCOc1ccc(Br)cc1/C=N\NC(=O)C(=O)NCC. The molecule has 1 rings (SSSR count). The van der Waals surface area contributed by atoms with E-state index in [0.29, 0.717) is 24.5 Å². The third-order valence-electron chi connectivity index (χ3n) is 2.24. The van der Waals surface area contributed by atoms with Gasteiger partial charge in [-0.25, -0.2) is 5.43 Å². The lowest BCUT2D eigenvalue weighted by molar-refractivity contribution is -0.139. The molecule has 0 bridgehead atoms. The highest BCUT2D eigenvalue weighted by Gasteiger charge is 2.10. The summed E-state index contributed by atoms with van der Waals surface area (Å²) in [6, 6.07) is 5.36. The number of hydrogen-bond donors (Lipinski definition) is 2. The normalized spacial score (nSPS) is 10.2. The fraction of sp³-hybridized carbons (Fsp3) is 0.214. The second-order valence-electron chi connectivity index (χ2n) is 3.84. The van der Waals surface area contributed by atoms with Gasteiger partial charge in [-0.15, -0.1) is 0 Å². The first-order valence-electron chi connectivity index (χ1n) is 6.23. The molecular formula is C14H16BrN3O3. The largest absolute Gasteiger partial charge is 0.489 e. The average molecular weight is 354 g/mol. The van der Waals surface area contributed by atoms with Gasteiger partial charge in [-0.3, -0.25) is 9.59 Å². The molecule has 0 saturated carbocycles. The highest BCUT2D eigenvalue weighted by Crippen LogP contribution is 2.21. The zero-order chi connectivity index (χ0) is 15.7. The Morgan fingerprint density at radius 1 is 1.43 bits per heavy atom. The Morgan fingerprint density at radius 3 is 2.86 bits per heavy atom. The lowest BCUT2D eigenvalue weighted by Crippen LogP contribution is -2.37. The van der Waals surface area contributed by atoms with Gasteiger partial charge in [-0.2, -0.15) is 5.10 Å². The van der Waals surface area contributed by atoms with E-state index in [1.54, 1.807) is 25.1 Å². The van der Waals surface area contributed by atoms with Crippen molar-refractivity contribution in [1.82, 2.24) is 10.7 Å². The van der Waals surface area contributed by atoms with Gasteiger partial charge in [0.05, 0.1) is 6.21 Å². The van der Waals surface area contributed by atoms with Crippen LogP contribution in [-0.2, 0) is 9.59 Å². The second-order valence-corrected chi connectivity index (χ2v) is 4.76. The van der Waals surface area contributed by atoms with E-state index in [2.05, 4.69) is 38.4 Å². The maximum Gasteiger partial charge on any atom is 0.329 e. The Balaban J connectivity index is 2.74. The van der Waals surface area contributed by atoms with Crippen LogP contribution in [0.3, 0.4) is 0 Å². The molecule has 2 amide bonds. The molecule has 0 aliphatic rings. The highest BCUT2D eigenvalue weighted by atomic mass is 79.9. The molecule has 0 radical (unpaired) electrons. The van der Waals surface area contributed by atoms with E-state index < -0.39 is 11.8 Å². The molecule has 7 heteroatoms. The van der Waals surface area contributed by atoms with Crippen LogP contribution in [0.1, 0.15) is 12.5 Å². The van der Waals surface area contributed by atoms with Crippen LogP contribution in [0.2, 0.25) is 0 Å². The molecule has 6 nitrogen and oxygen atoms in total. The van der Waals surface area contributed by atoms with Gasteiger partial charge in [0.25, 0.3) is 0 Å². The van der Waals surface area contributed by atoms with E-state index in [-0.39, 0.29) is 0 Å². The second kappa shape index (κ2) is 8.91. The summed E-state index contributed by atoms with van der Waals surface area (Å²) in [5, 5.41) is 6.12. The third kappa shape index (κ3) is 5.78. The molecule has 0 saturated heterocycles. The van der Waals surface area contributed by atoms with E-state index >= 15 is 0 Å². The van der Waals surface area contributed by atoms with Crippen molar-refractivity contribution in [2.45, 2.75) is 6.92 Å². The van der Waals surface area contributed by atoms with E-state index in [9.17, 15) is 9.59 Å². The number of benzene rings is 1. The van der Waals surface area contributed by atoms with Gasteiger partial charge in [0.2, 0.25) is 0 Å². The van der Waals surface area contributed by atoms with Crippen LogP contribution in [0, 0.1) is 0 Å². The van der Waals surface area contributed by atoms with Gasteiger partial charge < -0.3 is 10.1 Å². The average Bonchev–Trinajstić information content (AvgIpc) is 2.46. The molecule has 0 aliphatic heterocycles. The summed E-state index contributed by atoms with van der Waals surface area (Å²) in [4.78, 5) is 22.6. The van der Waals surface area contributed by atoms with E-state index in [1.165, 1.54) is 6.21 Å². The minimum Gasteiger partial charge on any atom is -0.489 e. The summed E-state index contributed by atoms with van der Waals surface area (Å²) in [6.45, 7) is 6.03. The van der Waals surface area contributed by atoms with Crippen molar-refractivity contribution in [3.63, 3.8) is 0 Å². The van der Waals surface area contributed by atoms with Crippen molar-refractivity contribution in [3.8, 4) is 5.75 Å². The molecule has 1 aromatic carbocycles. The van der Waals surface area contributed by atoms with Gasteiger partial charge in [-0.05, 0) is 25.1 Å². The van der Waals surface area contributed by atoms with Crippen molar-refractivity contribution >= 4 is 34.0 Å². The minimum atomic E-state index is -0.823. The fourth-order valence-electron chi connectivity index (χ4n) is 1.35. The minimum absolute atomic E-state index is 0.355. The number of hydrazone groups is 1. The monoisotopic (exact) mass is 353 g/mol. The first kappa shape index (κ1) is 16.9. The molecule has 0 fully saturated rings. The number of likely N-dealkylation sites (N-methyl/N-ethyl adjacent to an activating group) is 1. The van der Waals surface area contributed by atoms with Crippen molar-refractivity contribution in [2.75, 3.05) is 13.2 Å². The van der Waals surface area contributed by atoms with Crippen molar-refractivity contribution < 1.29 is 14.3 Å². The van der Waals surface area contributed by atoms with E-state index in [1.807, 2.05) is 6.07 Å². The van der Waals surface area contributed by atoms with Crippen LogP contribution in [0.4, 0.5) is 0 Å². The third-order valence-corrected chi connectivity index (χ3v) is 2.74. The number of halogens is 1. The molecule has 112 valence electrons. The van der Waals surface area contributed by atoms with Gasteiger partial charge in [0.1, 0.15) is 12.4 Å². The fourth-order valence-corrected chi connectivity index (χ4v) is 1.73. The number of nitrogens with one attached hydrogen (secondary N) is 2.